The number of carbonyl (C=O) groups is 2. The summed E-state index contributed by atoms with van der Waals surface area (Å²) >= 11 is 1.18. The van der Waals surface area contributed by atoms with Gasteiger partial charge in [0.25, 0.3) is 0 Å². The lowest BCUT2D eigenvalue weighted by Gasteiger charge is -2.22. The Hall–Kier alpha value is -5.11. The Bertz CT molecular complexity index is 1770. The van der Waals surface area contributed by atoms with Crippen LogP contribution in [0.4, 0.5) is 29.3 Å². The summed E-state index contributed by atoms with van der Waals surface area (Å²) in [5.41, 5.74) is 3.29. The third kappa shape index (κ3) is 8.33. The molecule has 14 heteroatoms. The SMILES string of the molecule is CCC(C)Oc1ccc(C)cc1N1C(=O)CSC1=NC(=O)Nc1ccc(C=Cc2ncn(-c3ccc(OC(F)(F)F)cc3)n2)cc1. The van der Waals surface area contributed by atoms with Gasteiger partial charge in [0.05, 0.1) is 23.2 Å². The molecule has 0 spiro atoms. The van der Waals surface area contributed by atoms with Gasteiger partial charge in [0.2, 0.25) is 5.91 Å². The summed E-state index contributed by atoms with van der Waals surface area (Å²) in [5, 5.41) is 7.31. The number of anilines is 2. The Morgan fingerprint density at radius 2 is 1.85 bits per heavy atom. The van der Waals surface area contributed by atoms with E-state index in [0.29, 0.717) is 28.6 Å². The van der Waals surface area contributed by atoms with E-state index in [9.17, 15) is 22.8 Å². The van der Waals surface area contributed by atoms with Crippen LogP contribution < -0.4 is 19.7 Å². The minimum absolute atomic E-state index is 0.0573. The first-order chi connectivity index (χ1) is 22.0. The molecular weight excluding hydrogens is 621 g/mol. The average Bonchev–Trinajstić information content (AvgIpc) is 3.63. The number of aliphatic imine (C=N–C) groups is 1. The Morgan fingerprint density at radius 3 is 2.54 bits per heavy atom. The smallest absolute Gasteiger partial charge is 0.489 e. The topological polar surface area (TPSA) is 111 Å². The summed E-state index contributed by atoms with van der Waals surface area (Å²) in [7, 11) is 0. The number of rotatable bonds is 9. The summed E-state index contributed by atoms with van der Waals surface area (Å²) < 4.78 is 48.5. The third-order valence-corrected chi connectivity index (χ3v) is 7.58. The number of amidine groups is 1. The van der Waals surface area contributed by atoms with Crippen molar-refractivity contribution in [1.29, 1.82) is 0 Å². The van der Waals surface area contributed by atoms with Crippen LogP contribution in [-0.4, -0.2) is 50.1 Å². The number of benzene rings is 3. The zero-order valence-corrected chi connectivity index (χ0v) is 25.8. The molecule has 5 rings (SSSR count). The van der Waals surface area contributed by atoms with Crippen molar-refractivity contribution >= 4 is 52.4 Å². The van der Waals surface area contributed by atoms with E-state index in [1.807, 2.05) is 39.0 Å². The number of alkyl halides is 3. The number of urea groups is 1. The second-order valence-corrected chi connectivity index (χ2v) is 11.1. The van der Waals surface area contributed by atoms with Crippen LogP contribution in [0.15, 0.2) is 78.0 Å². The molecule has 1 N–H and O–H groups in total. The lowest BCUT2D eigenvalue weighted by Crippen LogP contribution is -2.31. The van der Waals surface area contributed by atoms with Gasteiger partial charge in [-0.05, 0) is 86.0 Å². The Morgan fingerprint density at radius 1 is 1.11 bits per heavy atom. The summed E-state index contributed by atoms with van der Waals surface area (Å²) in [6, 6.07) is 17.2. The molecule has 1 aliphatic rings. The molecule has 10 nitrogen and oxygen atoms in total. The molecule has 1 saturated heterocycles. The highest BCUT2D eigenvalue weighted by molar-refractivity contribution is 8.15. The van der Waals surface area contributed by atoms with Crippen molar-refractivity contribution < 1.29 is 32.2 Å². The van der Waals surface area contributed by atoms with Gasteiger partial charge in [-0.3, -0.25) is 9.69 Å². The average molecular weight is 651 g/mol. The van der Waals surface area contributed by atoms with Gasteiger partial charge in [-0.25, -0.2) is 14.5 Å². The largest absolute Gasteiger partial charge is 0.573 e. The molecule has 0 saturated carbocycles. The van der Waals surface area contributed by atoms with E-state index in [1.165, 1.54) is 51.9 Å². The summed E-state index contributed by atoms with van der Waals surface area (Å²) in [6.07, 6.45) is 0.849. The number of halogens is 3. The molecule has 1 unspecified atom stereocenters. The standard InChI is InChI=1S/C32H29F3N6O4S/c1-4-21(3)44-27-15-5-20(2)17-26(27)41-29(42)18-46-31(41)38-30(43)37-23-9-6-22(7-10-23)8-16-28-36-19-40(39-28)24-11-13-25(14-12-24)45-32(33,34)35/h5-17,19,21H,4,18H2,1-3H3,(H,37,43). The Balaban J connectivity index is 1.22. The predicted molar refractivity (Wildman–Crippen MR) is 171 cm³/mol. The van der Waals surface area contributed by atoms with Crippen LogP contribution in [0, 0.1) is 6.92 Å². The van der Waals surface area contributed by atoms with E-state index in [2.05, 4.69) is 25.1 Å². The Kier molecular flexibility index (Phi) is 9.75. The molecule has 0 radical (unpaired) electrons. The number of hydrogen-bond donors (Lipinski definition) is 1. The molecule has 2 heterocycles. The summed E-state index contributed by atoms with van der Waals surface area (Å²) in [6.45, 7) is 5.87. The van der Waals surface area contributed by atoms with Crippen molar-refractivity contribution in [2.45, 2.75) is 39.7 Å². The summed E-state index contributed by atoms with van der Waals surface area (Å²) in [5.74, 6) is 0.549. The number of carbonyl (C=O) groups excluding carboxylic acids is 2. The second-order valence-electron chi connectivity index (χ2n) is 10.2. The maximum absolute atomic E-state index is 12.9. The zero-order chi connectivity index (χ0) is 32.8. The molecule has 238 valence electrons. The molecule has 3 amide bonds. The number of ether oxygens (including phenoxy) is 2. The van der Waals surface area contributed by atoms with Crippen molar-refractivity contribution in [1.82, 2.24) is 14.8 Å². The van der Waals surface area contributed by atoms with E-state index >= 15 is 0 Å². The number of nitrogens with zero attached hydrogens (tertiary/aromatic N) is 5. The van der Waals surface area contributed by atoms with Gasteiger partial charge in [0, 0.05) is 5.69 Å². The van der Waals surface area contributed by atoms with E-state index in [4.69, 9.17) is 4.74 Å². The lowest BCUT2D eigenvalue weighted by atomic mass is 10.2. The van der Waals surface area contributed by atoms with Gasteiger partial charge in [-0.2, -0.15) is 4.99 Å². The van der Waals surface area contributed by atoms with Gasteiger partial charge in [0.15, 0.2) is 11.0 Å². The summed E-state index contributed by atoms with van der Waals surface area (Å²) in [4.78, 5) is 35.5. The highest BCUT2D eigenvalue weighted by Crippen LogP contribution is 2.36. The van der Waals surface area contributed by atoms with Gasteiger partial charge in [0.1, 0.15) is 17.8 Å². The molecule has 1 aliphatic heterocycles. The number of thioether (sulfide) groups is 1. The fourth-order valence-corrected chi connectivity index (χ4v) is 5.11. The van der Waals surface area contributed by atoms with Crippen LogP contribution in [0.3, 0.4) is 0 Å². The number of aromatic nitrogens is 3. The van der Waals surface area contributed by atoms with Crippen LogP contribution in [0.25, 0.3) is 17.8 Å². The lowest BCUT2D eigenvalue weighted by molar-refractivity contribution is -0.274. The van der Waals surface area contributed by atoms with Gasteiger partial charge in [-0.15, -0.1) is 18.3 Å². The molecule has 3 aromatic carbocycles. The fraction of sp³-hybridized carbons (Fsp3) is 0.219. The Labute approximate surface area is 266 Å². The van der Waals surface area contributed by atoms with Crippen molar-refractivity contribution in [3.8, 4) is 17.2 Å². The number of nitrogens with one attached hydrogen (secondary N) is 1. The van der Waals surface area contributed by atoms with E-state index in [-0.39, 0.29) is 28.7 Å². The highest BCUT2D eigenvalue weighted by atomic mass is 32.2. The fourth-order valence-electron chi connectivity index (χ4n) is 4.25. The molecule has 4 aromatic rings. The van der Waals surface area contributed by atoms with Crippen LogP contribution in [-0.2, 0) is 4.79 Å². The first kappa shape index (κ1) is 32.3. The zero-order valence-electron chi connectivity index (χ0n) is 25.0. The van der Waals surface area contributed by atoms with Crippen LogP contribution in [0.1, 0.15) is 37.2 Å². The predicted octanol–water partition coefficient (Wildman–Crippen LogP) is 7.49. The van der Waals surface area contributed by atoms with Gasteiger partial charge in [-0.1, -0.05) is 43.0 Å². The van der Waals surface area contributed by atoms with E-state index < -0.39 is 12.4 Å². The van der Waals surface area contributed by atoms with Gasteiger partial charge >= 0.3 is 12.4 Å². The molecule has 0 aliphatic carbocycles. The van der Waals surface area contributed by atoms with Crippen LogP contribution in [0.5, 0.6) is 11.5 Å². The quantitative estimate of drug-likeness (QED) is 0.200. The van der Waals surface area contributed by atoms with Crippen molar-refractivity contribution in [3.63, 3.8) is 0 Å². The normalized spacial score (nSPS) is 15.0. The maximum atomic E-state index is 12.9. The van der Waals surface area contributed by atoms with Crippen LogP contribution in [0.2, 0.25) is 0 Å². The highest BCUT2D eigenvalue weighted by Gasteiger charge is 2.33. The van der Waals surface area contributed by atoms with Crippen molar-refractivity contribution in [2.24, 2.45) is 4.99 Å². The number of hydrogen-bond acceptors (Lipinski definition) is 7. The molecular formula is C32H29F3N6O4S. The molecule has 1 atom stereocenters. The maximum Gasteiger partial charge on any atom is 0.573 e. The first-order valence-electron chi connectivity index (χ1n) is 14.2. The van der Waals surface area contributed by atoms with Gasteiger partial charge < -0.3 is 14.8 Å². The third-order valence-electron chi connectivity index (χ3n) is 6.65. The number of amides is 3. The number of aryl methyl sites for hydroxylation is 1. The second kappa shape index (κ2) is 13.9. The van der Waals surface area contributed by atoms with Crippen molar-refractivity contribution in [2.75, 3.05) is 16.0 Å². The van der Waals surface area contributed by atoms with E-state index in [0.717, 1.165) is 17.5 Å². The molecule has 0 bridgehead atoms. The molecule has 46 heavy (non-hydrogen) atoms. The molecule has 1 aromatic heterocycles. The van der Waals surface area contributed by atoms with Crippen molar-refractivity contribution in [3.05, 3.63) is 90.0 Å². The van der Waals surface area contributed by atoms with Crippen LogP contribution >= 0.6 is 11.8 Å². The monoisotopic (exact) mass is 650 g/mol. The minimum atomic E-state index is -4.77. The van der Waals surface area contributed by atoms with E-state index in [1.54, 1.807) is 36.4 Å². The minimum Gasteiger partial charge on any atom is -0.489 e. The molecule has 1 fully saturated rings. The first-order valence-corrected chi connectivity index (χ1v) is 15.1.